The molecule has 0 bridgehead atoms. The smallest absolute Gasteiger partial charge is 0.275 e. The highest BCUT2D eigenvalue weighted by Crippen LogP contribution is 2.40. The number of hydrogen-bond donors (Lipinski definition) is 2. The third-order valence-corrected chi connectivity index (χ3v) is 6.03. The van der Waals surface area contributed by atoms with Gasteiger partial charge in [0.05, 0.1) is 16.6 Å². The number of aromatic nitrogens is 3. The number of nitrogens with two attached hydrogens (primary N) is 1. The molecule has 5 aromatic rings. The Morgan fingerprint density at radius 3 is 2.64 bits per heavy atom. The van der Waals surface area contributed by atoms with Crippen molar-refractivity contribution in [3.8, 4) is 33.9 Å². The molecule has 3 heterocycles. The van der Waals surface area contributed by atoms with Crippen LogP contribution in [0.15, 0.2) is 71.7 Å². The normalized spacial score (nSPS) is 12.6. The summed E-state index contributed by atoms with van der Waals surface area (Å²) in [5.41, 5.74) is 11.2. The summed E-state index contributed by atoms with van der Waals surface area (Å²) in [6, 6.07) is 19.9. The molecule has 0 saturated heterocycles. The largest absolute Gasteiger partial charge is 0.454 e. The third kappa shape index (κ3) is 3.34. The number of aryl methyl sites for hydroxylation is 1. The first-order valence-corrected chi connectivity index (χ1v) is 10.9. The molecular weight excluding hydrogens is 416 g/mol. The van der Waals surface area contributed by atoms with Gasteiger partial charge in [0.1, 0.15) is 5.69 Å². The van der Waals surface area contributed by atoms with E-state index in [-0.39, 0.29) is 12.4 Å². The molecule has 0 radical (unpaired) electrons. The fourth-order valence-corrected chi connectivity index (χ4v) is 4.39. The number of rotatable bonds is 5. The molecule has 1 aliphatic heterocycles. The summed E-state index contributed by atoms with van der Waals surface area (Å²) in [6.07, 6.45) is 2.79. The Hall–Kier alpha value is -4.10. The molecule has 3 N–H and O–H groups in total. The standard InChI is InChI=1S/C26H22N4O3/c27-9-4-10-30-14-19(18-12-23-24(13-22(18)30)33-15-32-23)25-26(31)29-21-11-17(7-8-20(21)28-25)16-5-2-1-3-6-16/h1-3,5-8,11-14H,4,9-10,15,27H2,(H,29,31). The first-order chi connectivity index (χ1) is 16.2. The van der Waals surface area contributed by atoms with Crippen molar-refractivity contribution in [3.05, 3.63) is 77.2 Å². The van der Waals surface area contributed by atoms with Crippen LogP contribution >= 0.6 is 0 Å². The molecule has 0 unspecified atom stereocenters. The summed E-state index contributed by atoms with van der Waals surface area (Å²) in [7, 11) is 0. The molecule has 0 atom stereocenters. The lowest BCUT2D eigenvalue weighted by atomic mass is 10.0. The molecule has 3 aromatic carbocycles. The maximum atomic E-state index is 13.2. The number of ether oxygens (including phenoxy) is 2. The van der Waals surface area contributed by atoms with E-state index in [2.05, 4.69) is 9.55 Å². The zero-order valence-corrected chi connectivity index (χ0v) is 17.9. The van der Waals surface area contributed by atoms with Crippen molar-refractivity contribution in [2.24, 2.45) is 5.73 Å². The average molecular weight is 438 g/mol. The minimum atomic E-state index is -0.233. The van der Waals surface area contributed by atoms with Gasteiger partial charge in [-0.1, -0.05) is 36.4 Å². The lowest BCUT2D eigenvalue weighted by molar-refractivity contribution is 0.174. The Labute approximate surface area is 189 Å². The molecule has 0 spiro atoms. The van der Waals surface area contributed by atoms with Crippen LogP contribution in [-0.4, -0.2) is 27.9 Å². The van der Waals surface area contributed by atoms with E-state index in [1.807, 2.05) is 66.9 Å². The number of hydrogen-bond acceptors (Lipinski definition) is 5. The Balaban J connectivity index is 1.51. The summed E-state index contributed by atoms with van der Waals surface area (Å²) in [5, 5.41) is 0.898. The quantitative estimate of drug-likeness (QED) is 0.427. The zero-order chi connectivity index (χ0) is 22.4. The van der Waals surface area contributed by atoms with Crippen LogP contribution in [0.25, 0.3) is 44.3 Å². The van der Waals surface area contributed by atoms with Crippen LogP contribution in [0, 0.1) is 0 Å². The molecule has 1 aliphatic rings. The van der Waals surface area contributed by atoms with Gasteiger partial charge in [-0.2, -0.15) is 0 Å². The molecule has 0 saturated carbocycles. The van der Waals surface area contributed by atoms with Crippen LogP contribution in [0.2, 0.25) is 0 Å². The first kappa shape index (κ1) is 19.6. The number of aromatic amines is 1. The molecule has 33 heavy (non-hydrogen) atoms. The van der Waals surface area contributed by atoms with Crippen molar-refractivity contribution in [3.63, 3.8) is 0 Å². The molecule has 164 valence electrons. The Kier molecular flexibility index (Phi) is 4.62. The van der Waals surface area contributed by atoms with Gasteiger partial charge in [-0.25, -0.2) is 4.98 Å². The van der Waals surface area contributed by atoms with Crippen molar-refractivity contribution in [2.45, 2.75) is 13.0 Å². The van der Waals surface area contributed by atoms with Gasteiger partial charge >= 0.3 is 0 Å². The minimum Gasteiger partial charge on any atom is -0.454 e. The van der Waals surface area contributed by atoms with E-state index < -0.39 is 0 Å². The van der Waals surface area contributed by atoms with E-state index in [0.29, 0.717) is 29.3 Å². The summed E-state index contributed by atoms with van der Waals surface area (Å²) in [6.45, 7) is 1.51. The second kappa shape index (κ2) is 7.79. The molecule has 7 heteroatoms. The van der Waals surface area contributed by atoms with Crippen molar-refractivity contribution in [1.29, 1.82) is 0 Å². The lowest BCUT2D eigenvalue weighted by Crippen LogP contribution is -2.11. The molecule has 0 aliphatic carbocycles. The van der Waals surface area contributed by atoms with Gasteiger partial charge in [0.15, 0.2) is 11.5 Å². The van der Waals surface area contributed by atoms with E-state index >= 15 is 0 Å². The van der Waals surface area contributed by atoms with Crippen LogP contribution in [0.5, 0.6) is 11.5 Å². The molecule has 6 rings (SSSR count). The van der Waals surface area contributed by atoms with Gasteiger partial charge in [0.25, 0.3) is 5.56 Å². The summed E-state index contributed by atoms with van der Waals surface area (Å²) >= 11 is 0. The zero-order valence-electron chi connectivity index (χ0n) is 17.9. The lowest BCUT2D eigenvalue weighted by Gasteiger charge is -2.06. The summed E-state index contributed by atoms with van der Waals surface area (Å²) in [5.74, 6) is 1.38. The van der Waals surface area contributed by atoms with Crippen LogP contribution in [0.1, 0.15) is 6.42 Å². The van der Waals surface area contributed by atoms with Gasteiger partial charge in [-0.05, 0) is 42.3 Å². The molecule has 2 aromatic heterocycles. The molecule has 0 fully saturated rings. The Morgan fingerprint density at radius 1 is 1.00 bits per heavy atom. The van der Waals surface area contributed by atoms with Crippen LogP contribution < -0.4 is 20.8 Å². The summed E-state index contributed by atoms with van der Waals surface area (Å²) < 4.78 is 13.3. The second-order valence-corrected chi connectivity index (χ2v) is 8.11. The Morgan fingerprint density at radius 2 is 1.82 bits per heavy atom. The fraction of sp³-hybridized carbons (Fsp3) is 0.154. The predicted octanol–water partition coefficient (Wildman–Crippen LogP) is 4.29. The van der Waals surface area contributed by atoms with Gasteiger partial charge in [-0.15, -0.1) is 0 Å². The topological polar surface area (TPSA) is 95.2 Å². The first-order valence-electron chi connectivity index (χ1n) is 10.9. The highest BCUT2D eigenvalue weighted by atomic mass is 16.7. The van der Waals surface area contributed by atoms with Crippen molar-refractivity contribution in [2.75, 3.05) is 13.3 Å². The predicted molar refractivity (Wildman–Crippen MR) is 129 cm³/mol. The van der Waals surface area contributed by atoms with Crippen LogP contribution in [0.4, 0.5) is 0 Å². The van der Waals surface area contributed by atoms with Crippen molar-refractivity contribution >= 4 is 21.9 Å². The second-order valence-electron chi connectivity index (χ2n) is 8.11. The van der Waals surface area contributed by atoms with Crippen LogP contribution in [-0.2, 0) is 6.54 Å². The number of nitrogens with one attached hydrogen (secondary N) is 1. The molecule has 0 amide bonds. The fourth-order valence-electron chi connectivity index (χ4n) is 4.39. The number of H-pyrrole nitrogens is 1. The van der Waals surface area contributed by atoms with E-state index in [1.54, 1.807) is 0 Å². The van der Waals surface area contributed by atoms with Gasteiger partial charge in [0, 0.05) is 29.8 Å². The summed E-state index contributed by atoms with van der Waals surface area (Å²) in [4.78, 5) is 21.0. The molecular formula is C26H22N4O3. The minimum absolute atomic E-state index is 0.193. The third-order valence-electron chi connectivity index (χ3n) is 6.03. The highest BCUT2D eigenvalue weighted by molar-refractivity contribution is 5.98. The number of fused-ring (bicyclic) bond motifs is 3. The van der Waals surface area contributed by atoms with Gasteiger partial charge in [0.2, 0.25) is 6.79 Å². The van der Waals surface area contributed by atoms with Crippen molar-refractivity contribution < 1.29 is 9.47 Å². The monoisotopic (exact) mass is 438 g/mol. The maximum absolute atomic E-state index is 13.2. The SMILES string of the molecule is NCCCn1cc(-c2nc3ccc(-c4ccccc4)cc3[nH]c2=O)c2cc3c(cc21)OCO3. The maximum Gasteiger partial charge on any atom is 0.275 e. The number of nitrogens with zero attached hydrogens (tertiary/aromatic N) is 2. The van der Waals surface area contributed by atoms with E-state index in [0.717, 1.165) is 46.1 Å². The average Bonchev–Trinajstić information content (AvgIpc) is 3.45. The molecule has 7 nitrogen and oxygen atoms in total. The number of benzene rings is 3. The van der Waals surface area contributed by atoms with Gasteiger partial charge < -0.3 is 24.8 Å². The van der Waals surface area contributed by atoms with E-state index in [9.17, 15) is 4.79 Å². The van der Waals surface area contributed by atoms with E-state index in [4.69, 9.17) is 20.2 Å². The van der Waals surface area contributed by atoms with E-state index in [1.165, 1.54) is 0 Å². The van der Waals surface area contributed by atoms with Gasteiger partial charge in [-0.3, -0.25) is 4.79 Å². The van der Waals surface area contributed by atoms with Crippen molar-refractivity contribution in [1.82, 2.24) is 14.5 Å². The van der Waals surface area contributed by atoms with Crippen LogP contribution in [0.3, 0.4) is 0 Å². The highest BCUT2D eigenvalue weighted by Gasteiger charge is 2.21. The Bertz CT molecular complexity index is 1550.